The van der Waals surface area contributed by atoms with E-state index < -0.39 is 5.92 Å². The molecule has 0 saturated carbocycles. The van der Waals surface area contributed by atoms with E-state index in [0.717, 1.165) is 11.1 Å². The molecule has 1 aliphatic rings. The SMILES string of the molecule is CCOc1cc(C2C(C#N)=C(N)Oc3cc(C)n(Cc4cccnc4)c(=O)c32)ccc1OCc1ccccc1. The van der Waals surface area contributed by atoms with Crippen LogP contribution in [0.25, 0.3) is 0 Å². The summed E-state index contributed by atoms with van der Waals surface area (Å²) < 4.78 is 19.4. The van der Waals surface area contributed by atoms with Gasteiger partial charge in [0.25, 0.3) is 5.56 Å². The van der Waals surface area contributed by atoms with E-state index in [4.69, 9.17) is 19.9 Å². The van der Waals surface area contributed by atoms with Crippen LogP contribution in [0.4, 0.5) is 0 Å². The van der Waals surface area contributed by atoms with Gasteiger partial charge in [-0.05, 0) is 48.7 Å². The molecule has 8 nitrogen and oxygen atoms in total. The van der Waals surface area contributed by atoms with E-state index in [1.165, 1.54) is 0 Å². The summed E-state index contributed by atoms with van der Waals surface area (Å²) in [7, 11) is 0. The number of allylic oxidation sites excluding steroid dienone is 1. The van der Waals surface area contributed by atoms with Crippen molar-refractivity contribution >= 4 is 0 Å². The highest BCUT2D eigenvalue weighted by Crippen LogP contribution is 2.43. The van der Waals surface area contributed by atoms with Crippen LogP contribution in [-0.2, 0) is 13.2 Å². The van der Waals surface area contributed by atoms with E-state index in [9.17, 15) is 10.1 Å². The fourth-order valence-corrected chi connectivity index (χ4v) is 4.72. The number of ether oxygens (including phenoxy) is 3. The Morgan fingerprint density at radius 3 is 2.56 bits per heavy atom. The molecule has 8 heteroatoms. The summed E-state index contributed by atoms with van der Waals surface area (Å²) in [6.07, 6.45) is 3.41. The largest absolute Gasteiger partial charge is 0.490 e. The number of benzene rings is 2. The van der Waals surface area contributed by atoms with Crippen LogP contribution in [0, 0.1) is 18.3 Å². The molecule has 2 N–H and O–H groups in total. The van der Waals surface area contributed by atoms with Crippen molar-refractivity contribution in [3.05, 3.63) is 129 Å². The third-order valence-corrected chi connectivity index (χ3v) is 6.59. The Morgan fingerprint density at radius 2 is 1.85 bits per heavy atom. The van der Waals surface area contributed by atoms with Crippen molar-refractivity contribution in [2.24, 2.45) is 5.73 Å². The second-order valence-corrected chi connectivity index (χ2v) is 9.15. The molecular formula is C31H28N4O4. The van der Waals surface area contributed by atoms with E-state index in [-0.39, 0.29) is 17.0 Å². The number of rotatable bonds is 8. The van der Waals surface area contributed by atoms with Crippen LogP contribution in [0.5, 0.6) is 17.2 Å². The Labute approximate surface area is 226 Å². The molecule has 3 heterocycles. The minimum absolute atomic E-state index is 0.0267. The molecule has 0 spiro atoms. The Hall–Kier alpha value is -5.03. The first-order valence-electron chi connectivity index (χ1n) is 12.6. The van der Waals surface area contributed by atoms with E-state index in [0.29, 0.717) is 53.8 Å². The van der Waals surface area contributed by atoms with Gasteiger partial charge in [0, 0.05) is 24.2 Å². The lowest BCUT2D eigenvalue weighted by atomic mass is 9.84. The number of pyridine rings is 2. The highest BCUT2D eigenvalue weighted by molar-refractivity contribution is 5.57. The maximum atomic E-state index is 14.0. The lowest BCUT2D eigenvalue weighted by Crippen LogP contribution is -2.33. The first-order valence-corrected chi connectivity index (χ1v) is 12.6. The van der Waals surface area contributed by atoms with Crippen molar-refractivity contribution in [2.75, 3.05) is 6.61 Å². The molecule has 196 valence electrons. The summed E-state index contributed by atoms with van der Waals surface area (Å²) in [6.45, 7) is 4.83. The zero-order valence-electron chi connectivity index (χ0n) is 21.8. The molecule has 5 rings (SSSR count). The van der Waals surface area contributed by atoms with Crippen molar-refractivity contribution in [3.63, 3.8) is 0 Å². The van der Waals surface area contributed by atoms with Crippen molar-refractivity contribution in [1.82, 2.24) is 9.55 Å². The molecular weight excluding hydrogens is 492 g/mol. The standard InChI is InChI=1S/C31H28N4O4/c1-3-37-26-15-23(11-12-25(26)38-19-21-8-5-4-6-9-21)28-24(16-32)30(33)39-27-14-20(2)35(31(36)29(27)28)18-22-10-7-13-34-17-22/h4-15,17,28H,3,18-19,33H2,1-2H3. The zero-order chi connectivity index (χ0) is 27.4. The average molecular weight is 521 g/mol. The lowest BCUT2D eigenvalue weighted by molar-refractivity contribution is 0.269. The van der Waals surface area contributed by atoms with Gasteiger partial charge >= 0.3 is 0 Å². The first-order chi connectivity index (χ1) is 19.0. The van der Waals surface area contributed by atoms with Gasteiger partial charge in [-0.1, -0.05) is 42.5 Å². The summed E-state index contributed by atoms with van der Waals surface area (Å²) in [6, 6.07) is 22.9. The van der Waals surface area contributed by atoms with Gasteiger partial charge in [0.15, 0.2) is 11.5 Å². The minimum Gasteiger partial charge on any atom is -0.490 e. The molecule has 2 aromatic heterocycles. The van der Waals surface area contributed by atoms with Gasteiger partial charge < -0.3 is 24.5 Å². The van der Waals surface area contributed by atoms with E-state index >= 15 is 0 Å². The van der Waals surface area contributed by atoms with E-state index in [1.807, 2.05) is 62.4 Å². The number of hydrogen-bond donors (Lipinski definition) is 1. The third-order valence-electron chi connectivity index (χ3n) is 6.59. The highest BCUT2D eigenvalue weighted by Gasteiger charge is 2.35. The smallest absolute Gasteiger partial charge is 0.259 e. The van der Waals surface area contributed by atoms with E-state index in [2.05, 4.69) is 11.1 Å². The zero-order valence-corrected chi connectivity index (χ0v) is 21.8. The van der Waals surface area contributed by atoms with Crippen LogP contribution in [0.1, 0.15) is 40.8 Å². The number of aryl methyl sites for hydroxylation is 1. The molecule has 4 aromatic rings. The summed E-state index contributed by atoms with van der Waals surface area (Å²) >= 11 is 0. The lowest BCUT2D eigenvalue weighted by Gasteiger charge is -2.28. The minimum atomic E-state index is -0.741. The summed E-state index contributed by atoms with van der Waals surface area (Å²) in [4.78, 5) is 18.1. The van der Waals surface area contributed by atoms with Gasteiger partial charge in [0.05, 0.1) is 24.6 Å². The van der Waals surface area contributed by atoms with Crippen molar-refractivity contribution in [2.45, 2.75) is 32.9 Å². The summed E-state index contributed by atoms with van der Waals surface area (Å²) in [5.74, 6) is 0.641. The molecule has 0 bridgehead atoms. The molecule has 0 radical (unpaired) electrons. The predicted octanol–water partition coefficient (Wildman–Crippen LogP) is 4.80. The van der Waals surface area contributed by atoms with Crippen LogP contribution in [0.3, 0.4) is 0 Å². The molecule has 0 saturated heterocycles. The number of hydrogen-bond acceptors (Lipinski definition) is 7. The van der Waals surface area contributed by atoms with Gasteiger partial charge in [0.1, 0.15) is 24.0 Å². The van der Waals surface area contributed by atoms with Crippen LogP contribution in [-0.4, -0.2) is 16.2 Å². The van der Waals surface area contributed by atoms with Crippen LogP contribution in [0.15, 0.2) is 95.4 Å². The average Bonchev–Trinajstić information content (AvgIpc) is 2.95. The summed E-state index contributed by atoms with van der Waals surface area (Å²) in [5.41, 5.74) is 9.71. The quantitative estimate of drug-likeness (QED) is 0.355. The molecule has 1 aliphatic heterocycles. The maximum absolute atomic E-state index is 14.0. The number of fused-ring (bicyclic) bond motifs is 1. The predicted molar refractivity (Wildman–Crippen MR) is 146 cm³/mol. The second-order valence-electron chi connectivity index (χ2n) is 9.15. The normalized spacial score (nSPS) is 14.2. The molecule has 39 heavy (non-hydrogen) atoms. The van der Waals surface area contributed by atoms with Gasteiger partial charge in [-0.15, -0.1) is 0 Å². The maximum Gasteiger partial charge on any atom is 0.259 e. The van der Waals surface area contributed by atoms with Crippen molar-refractivity contribution < 1.29 is 14.2 Å². The van der Waals surface area contributed by atoms with Crippen molar-refractivity contribution in [1.29, 1.82) is 5.26 Å². The van der Waals surface area contributed by atoms with Crippen LogP contribution in [0.2, 0.25) is 0 Å². The molecule has 1 atom stereocenters. The molecule has 2 aromatic carbocycles. The summed E-state index contributed by atoms with van der Waals surface area (Å²) in [5, 5.41) is 10.1. The third kappa shape index (κ3) is 5.20. The fraction of sp³-hybridized carbons (Fsp3) is 0.194. The first kappa shape index (κ1) is 25.6. The number of aromatic nitrogens is 2. The fourth-order valence-electron chi connectivity index (χ4n) is 4.72. The van der Waals surface area contributed by atoms with E-state index in [1.54, 1.807) is 35.2 Å². The van der Waals surface area contributed by atoms with Crippen LogP contribution >= 0.6 is 0 Å². The highest BCUT2D eigenvalue weighted by atomic mass is 16.5. The van der Waals surface area contributed by atoms with Gasteiger partial charge in [-0.25, -0.2) is 0 Å². The Balaban J connectivity index is 1.59. The van der Waals surface area contributed by atoms with Gasteiger partial charge in [-0.2, -0.15) is 5.26 Å². The Bertz CT molecular complexity index is 1620. The van der Waals surface area contributed by atoms with Gasteiger partial charge in [-0.3, -0.25) is 9.78 Å². The van der Waals surface area contributed by atoms with Crippen molar-refractivity contribution in [3.8, 4) is 23.3 Å². The molecule has 1 unspecified atom stereocenters. The topological polar surface area (TPSA) is 112 Å². The number of nitrogens with two attached hydrogens (primary N) is 1. The molecule has 0 amide bonds. The number of nitrogens with zero attached hydrogens (tertiary/aromatic N) is 3. The second kappa shape index (κ2) is 11.2. The monoisotopic (exact) mass is 520 g/mol. The Kier molecular flexibility index (Phi) is 7.32. The molecule has 0 aliphatic carbocycles. The Morgan fingerprint density at radius 1 is 1.05 bits per heavy atom. The molecule has 0 fully saturated rings. The number of nitriles is 1. The van der Waals surface area contributed by atoms with Crippen LogP contribution < -0.4 is 25.5 Å². The van der Waals surface area contributed by atoms with Gasteiger partial charge in [0.2, 0.25) is 5.88 Å².